The van der Waals surface area contributed by atoms with Gasteiger partial charge < -0.3 is 25.0 Å². The third-order valence-corrected chi connectivity index (χ3v) is 4.12. The molecule has 21 heavy (non-hydrogen) atoms. The van der Waals surface area contributed by atoms with E-state index in [1.807, 2.05) is 11.8 Å². The summed E-state index contributed by atoms with van der Waals surface area (Å²) in [6.45, 7) is 5.35. The Morgan fingerprint density at radius 1 is 1.38 bits per heavy atom. The first-order valence-electron chi connectivity index (χ1n) is 7.73. The molecule has 1 atom stereocenters. The number of hydrogen-bond acceptors (Lipinski definition) is 4. The van der Waals surface area contributed by atoms with Crippen LogP contribution in [-0.4, -0.2) is 78.4 Å². The van der Waals surface area contributed by atoms with Crippen molar-refractivity contribution in [3.05, 3.63) is 0 Å². The van der Waals surface area contributed by atoms with Gasteiger partial charge in [-0.3, -0.25) is 0 Å². The maximum atomic E-state index is 12.8. The average Bonchev–Trinajstić information content (AvgIpc) is 2.52. The smallest absolute Gasteiger partial charge is 0.328 e. The summed E-state index contributed by atoms with van der Waals surface area (Å²) in [5.41, 5.74) is 0. The van der Waals surface area contributed by atoms with E-state index in [9.17, 15) is 14.7 Å². The van der Waals surface area contributed by atoms with Crippen molar-refractivity contribution in [3.63, 3.8) is 0 Å². The standard InChI is InChI=1S/C14H25N3O4/c1-2-7-16(11-3-5-15-6-4-11)14(20)17-8-9-21-10-12(17)13(18)19/h11-12,15H,2-10H2,1H3,(H,18,19). The maximum absolute atomic E-state index is 12.8. The van der Waals surface area contributed by atoms with Crippen molar-refractivity contribution in [2.24, 2.45) is 0 Å². The lowest BCUT2D eigenvalue weighted by Crippen LogP contribution is -2.59. The molecule has 2 saturated heterocycles. The summed E-state index contributed by atoms with van der Waals surface area (Å²) in [6, 6.07) is -0.817. The maximum Gasteiger partial charge on any atom is 0.328 e. The van der Waals surface area contributed by atoms with Crippen molar-refractivity contribution >= 4 is 12.0 Å². The molecule has 0 aromatic carbocycles. The molecule has 0 saturated carbocycles. The zero-order valence-corrected chi connectivity index (χ0v) is 12.6. The third-order valence-electron chi connectivity index (χ3n) is 4.12. The van der Waals surface area contributed by atoms with Gasteiger partial charge in [-0.1, -0.05) is 6.92 Å². The van der Waals surface area contributed by atoms with Gasteiger partial charge in [0.25, 0.3) is 0 Å². The number of piperidine rings is 1. The number of urea groups is 1. The number of rotatable bonds is 4. The molecular weight excluding hydrogens is 274 g/mol. The molecule has 7 nitrogen and oxygen atoms in total. The Labute approximate surface area is 125 Å². The number of ether oxygens (including phenoxy) is 1. The van der Waals surface area contributed by atoms with Crippen LogP contribution in [-0.2, 0) is 9.53 Å². The van der Waals surface area contributed by atoms with Crippen LogP contribution in [0.5, 0.6) is 0 Å². The van der Waals surface area contributed by atoms with Crippen LogP contribution in [0.1, 0.15) is 26.2 Å². The molecule has 2 aliphatic heterocycles. The van der Waals surface area contributed by atoms with E-state index in [-0.39, 0.29) is 18.7 Å². The fourth-order valence-corrected chi connectivity index (χ4v) is 3.00. The summed E-state index contributed by atoms with van der Waals surface area (Å²) >= 11 is 0. The molecule has 7 heteroatoms. The number of carbonyl (C=O) groups is 2. The summed E-state index contributed by atoms with van der Waals surface area (Å²) in [6.07, 6.45) is 2.72. The minimum Gasteiger partial charge on any atom is -0.480 e. The Hall–Kier alpha value is -1.34. The molecule has 0 aromatic rings. The second-order valence-electron chi connectivity index (χ2n) is 5.58. The molecule has 0 spiro atoms. The Morgan fingerprint density at radius 2 is 2.10 bits per heavy atom. The number of carboxylic acid groups (broad SMARTS) is 1. The molecule has 2 aliphatic rings. The Morgan fingerprint density at radius 3 is 2.71 bits per heavy atom. The van der Waals surface area contributed by atoms with Crippen LogP contribution in [0.25, 0.3) is 0 Å². The van der Waals surface area contributed by atoms with E-state index in [4.69, 9.17) is 4.74 Å². The Kier molecular flexibility index (Phi) is 5.81. The number of morpholine rings is 1. The SMILES string of the molecule is CCCN(C(=O)N1CCOCC1C(=O)O)C1CCNCC1. The highest BCUT2D eigenvalue weighted by Crippen LogP contribution is 2.18. The largest absolute Gasteiger partial charge is 0.480 e. The van der Waals surface area contributed by atoms with Crippen molar-refractivity contribution in [2.45, 2.75) is 38.3 Å². The van der Waals surface area contributed by atoms with E-state index in [1.165, 1.54) is 4.90 Å². The zero-order chi connectivity index (χ0) is 15.2. The molecule has 0 aromatic heterocycles. The fourth-order valence-electron chi connectivity index (χ4n) is 3.00. The van der Waals surface area contributed by atoms with Crippen LogP contribution < -0.4 is 5.32 Å². The van der Waals surface area contributed by atoms with Crippen LogP contribution in [0.15, 0.2) is 0 Å². The molecule has 120 valence electrons. The highest BCUT2D eigenvalue weighted by Gasteiger charge is 2.37. The molecule has 0 radical (unpaired) electrons. The average molecular weight is 299 g/mol. The number of amides is 2. The van der Waals surface area contributed by atoms with Gasteiger partial charge in [-0.25, -0.2) is 9.59 Å². The lowest BCUT2D eigenvalue weighted by molar-refractivity contribution is -0.147. The van der Waals surface area contributed by atoms with E-state index < -0.39 is 12.0 Å². The van der Waals surface area contributed by atoms with Gasteiger partial charge in [0.2, 0.25) is 0 Å². The van der Waals surface area contributed by atoms with Crippen LogP contribution >= 0.6 is 0 Å². The van der Waals surface area contributed by atoms with Gasteiger partial charge in [0.05, 0.1) is 13.2 Å². The molecule has 2 rings (SSSR count). The second kappa shape index (κ2) is 7.61. The summed E-state index contributed by atoms with van der Waals surface area (Å²) in [7, 11) is 0. The van der Waals surface area contributed by atoms with Gasteiger partial charge in [0.1, 0.15) is 0 Å². The van der Waals surface area contributed by atoms with Crippen molar-refractivity contribution in [1.29, 1.82) is 0 Å². The molecule has 1 unspecified atom stereocenters. The number of hydrogen-bond donors (Lipinski definition) is 2. The van der Waals surface area contributed by atoms with E-state index in [1.54, 1.807) is 0 Å². The quantitative estimate of drug-likeness (QED) is 0.783. The fraction of sp³-hybridized carbons (Fsp3) is 0.857. The highest BCUT2D eigenvalue weighted by atomic mass is 16.5. The number of aliphatic carboxylic acids is 1. The summed E-state index contributed by atoms with van der Waals surface area (Å²) < 4.78 is 5.21. The van der Waals surface area contributed by atoms with Gasteiger partial charge in [-0.2, -0.15) is 0 Å². The Bertz CT molecular complexity index is 371. The van der Waals surface area contributed by atoms with Gasteiger partial charge >= 0.3 is 12.0 Å². The molecule has 2 heterocycles. The van der Waals surface area contributed by atoms with Crippen LogP contribution in [0, 0.1) is 0 Å². The van der Waals surface area contributed by atoms with E-state index in [2.05, 4.69) is 5.32 Å². The van der Waals surface area contributed by atoms with E-state index in [0.29, 0.717) is 19.7 Å². The molecule has 2 amide bonds. The molecule has 0 aliphatic carbocycles. The first kappa shape index (κ1) is 16.0. The highest BCUT2D eigenvalue weighted by molar-refractivity contribution is 5.83. The zero-order valence-electron chi connectivity index (χ0n) is 12.6. The predicted molar refractivity (Wildman–Crippen MR) is 77.2 cm³/mol. The van der Waals surface area contributed by atoms with Gasteiger partial charge in [0.15, 0.2) is 6.04 Å². The van der Waals surface area contributed by atoms with Crippen molar-refractivity contribution in [2.75, 3.05) is 39.4 Å². The topological polar surface area (TPSA) is 82.1 Å². The number of carboxylic acids is 1. The van der Waals surface area contributed by atoms with Gasteiger partial charge in [-0.05, 0) is 32.4 Å². The monoisotopic (exact) mass is 299 g/mol. The van der Waals surface area contributed by atoms with Crippen LogP contribution in [0.4, 0.5) is 4.79 Å². The first-order chi connectivity index (χ1) is 10.1. The molecule has 0 bridgehead atoms. The minimum absolute atomic E-state index is 0.0766. The minimum atomic E-state index is -0.996. The predicted octanol–water partition coefficient (Wildman–Crippen LogP) is 0.356. The molecule has 2 fully saturated rings. The van der Waals surface area contributed by atoms with Gasteiger partial charge in [0, 0.05) is 19.1 Å². The normalized spacial score (nSPS) is 23.9. The number of carbonyl (C=O) groups excluding carboxylic acids is 1. The first-order valence-corrected chi connectivity index (χ1v) is 7.73. The van der Waals surface area contributed by atoms with Gasteiger partial charge in [-0.15, -0.1) is 0 Å². The number of nitrogens with zero attached hydrogens (tertiary/aromatic N) is 2. The third kappa shape index (κ3) is 3.85. The Balaban J connectivity index is 2.09. The lowest BCUT2D eigenvalue weighted by Gasteiger charge is -2.41. The van der Waals surface area contributed by atoms with Crippen LogP contribution in [0.2, 0.25) is 0 Å². The van der Waals surface area contributed by atoms with Crippen molar-refractivity contribution in [3.8, 4) is 0 Å². The summed E-state index contributed by atoms with van der Waals surface area (Å²) in [4.78, 5) is 27.5. The summed E-state index contributed by atoms with van der Waals surface area (Å²) in [5, 5.41) is 12.6. The van der Waals surface area contributed by atoms with Crippen LogP contribution in [0.3, 0.4) is 0 Å². The van der Waals surface area contributed by atoms with E-state index >= 15 is 0 Å². The second-order valence-corrected chi connectivity index (χ2v) is 5.58. The van der Waals surface area contributed by atoms with Crippen molar-refractivity contribution < 1.29 is 19.4 Å². The summed E-state index contributed by atoms with van der Waals surface area (Å²) in [5.74, 6) is -0.996. The molecular formula is C14H25N3O4. The van der Waals surface area contributed by atoms with E-state index in [0.717, 1.165) is 32.4 Å². The number of nitrogens with one attached hydrogen (secondary N) is 1. The molecule has 2 N–H and O–H groups in total. The lowest BCUT2D eigenvalue weighted by atomic mass is 10.0. The van der Waals surface area contributed by atoms with Crippen molar-refractivity contribution in [1.82, 2.24) is 15.1 Å².